The number of anilines is 1. The molecule has 0 bridgehead atoms. The number of nitrogens with one attached hydrogen (secondary N) is 1. The first-order valence-corrected chi connectivity index (χ1v) is 12.5. The lowest BCUT2D eigenvalue weighted by molar-refractivity contribution is 0.213. The van der Waals surface area contributed by atoms with E-state index in [0.29, 0.717) is 22.7 Å². The average Bonchev–Trinajstić information content (AvgIpc) is 2.83. The molecular formula is C27H30Cl2N4O. The van der Waals surface area contributed by atoms with Gasteiger partial charge in [-0.25, -0.2) is 0 Å². The summed E-state index contributed by atoms with van der Waals surface area (Å²) in [6, 6.07) is 15.8. The lowest BCUT2D eigenvalue weighted by Gasteiger charge is -2.22. The monoisotopic (exact) mass is 496 g/mol. The molecule has 0 aliphatic carbocycles. The summed E-state index contributed by atoms with van der Waals surface area (Å²) < 4.78 is 6.09. The number of ether oxygens (including phenoxy) is 1. The molecule has 4 rings (SSSR count). The number of pyridine rings is 2. The molecule has 4 aromatic rings. The Kier molecular flexibility index (Phi) is 8.44. The molecule has 5 nitrogen and oxygen atoms in total. The third-order valence-corrected chi connectivity index (χ3v) is 6.47. The first-order chi connectivity index (χ1) is 16.5. The summed E-state index contributed by atoms with van der Waals surface area (Å²) in [5.41, 5.74) is 2.86. The van der Waals surface area contributed by atoms with Crippen molar-refractivity contribution >= 4 is 50.7 Å². The molecule has 0 radical (unpaired) electrons. The summed E-state index contributed by atoms with van der Waals surface area (Å²) in [5.74, 6) is 0.849. The van der Waals surface area contributed by atoms with Crippen molar-refractivity contribution < 1.29 is 4.74 Å². The highest BCUT2D eigenvalue weighted by Crippen LogP contribution is 2.27. The van der Waals surface area contributed by atoms with Gasteiger partial charge in [-0.15, -0.1) is 0 Å². The van der Waals surface area contributed by atoms with Crippen LogP contribution in [0.2, 0.25) is 10.0 Å². The van der Waals surface area contributed by atoms with Crippen molar-refractivity contribution in [2.75, 3.05) is 31.6 Å². The summed E-state index contributed by atoms with van der Waals surface area (Å²) in [4.78, 5) is 11.2. The molecule has 0 spiro atoms. The average molecular weight is 497 g/mol. The molecule has 1 unspecified atom stereocenters. The lowest BCUT2D eigenvalue weighted by Crippen LogP contribution is -2.30. The second-order valence-electron chi connectivity index (χ2n) is 8.46. The van der Waals surface area contributed by atoms with Gasteiger partial charge in [0.05, 0.1) is 11.0 Å². The Morgan fingerprint density at radius 3 is 2.32 bits per heavy atom. The van der Waals surface area contributed by atoms with Gasteiger partial charge in [-0.3, -0.25) is 9.97 Å². The van der Waals surface area contributed by atoms with Crippen LogP contribution in [-0.4, -0.2) is 47.2 Å². The molecule has 1 atom stereocenters. The Hall–Kier alpha value is -2.60. The molecule has 0 aliphatic heterocycles. The molecule has 0 aliphatic rings. The van der Waals surface area contributed by atoms with E-state index in [1.807, 2.05) is 54.7 Å². The third kappa shape index (κ3) is 6.29. The molecule has 7 heteroatoms. The fourth-order valence-corrected chi connectivity index (χ4v) is 4.47. The second-order valence-corrected chi connectivity index (χ2v) is 9.33. The minimum Gasteiger partial charge on any atom is -0.491 e. The molecule has 0 amide bonds. The number of rotatable bonds is 11. The van der Waals surface area contributed by atoms with Gasteiger partial charge >= 0.3 is 0 Å². The fourth-order valence-electron chi connectivity index (χ4n) is 4.14. The largest absolute Gasteiger partial charge is 0.491 e. The number of hydrogen-bond donors (Lipinski definition) is 1. The molecule has 0 saturated heterocycles. The van der Waals surface area contributed by atoms with Crippen molar-refractivity contribution in [1.29, 1.82) is 0 Å². The minimum atomic E-state index is 0.353. The fraction of sp³-hybridized carbons (Fsp3) is 0.333. The highest BCUT2D eigenvalue weighted by molar-refractivity contribution is 6.31. The Morgan fingerprint density at radius 2 is 1.59 bits per heavy atom. The molecule has 2 heterocycles. The van der Waals surface area contributed by atoms with E-state index in [-0.39, 0.29) is 0 Å². The van der Waals surface area contributed by atoms with Gasteiger partial charge in [-0.1, -0.05) is 30.1 Å². The molecule has 0 saturated carbocycles. The number of halogens is 2. The van der Waals surface area contributed by atoms with Gasteiger partial charge in [0.2, 0.25) is 0 Å². The van der Waals surface area contributed by atoms with Crippen LogP contribution in [0.25, 0.3) is 21.8 Å². The van der Waals surface area contributed by atoms with Crippen LogP contribution in [0, 0.1) is 0 Å². The Labute approximate surface area is 211 Å². The van der Waals surface area contributed by atoms with Gasteiger partial charge in [0, 0.05) is 51.5 Å². The summed E-state index contributed by atoms with van der Waals surface area (Å²) >= 11 is 12.2. The van der Waals surface area contributed by atoms with E-state index in [2.05, 4.69) is 34.0 Å². The Bertz CT molecular complexity index is 1250. The van der Waals surface area contributed by atoms with Crippen LogP contribution >= 0.6 is 23.2 Å². The normalized spacial score (nSPS) is 12.4. The summed E-state index contributed by atoms with van der Waals surface area (Å²) in [7, 11) is 0. The predicted octanol–water partition coefficient (Wildman–Crippen LogP) is 7.07. The maximum atomic E-state index is 6.11. The van der Waals surface area contributed by atoms with Crippen LogP contribution in [0.5, 0.6) is 5.75 Å². The Balaban J connectivity index is 1.24. The van der Waals surface area contributed by atoms with E-state index in [1.165, 1.54) is 0 Å². The van der Waals surface area contributed by atoms with Crippen molar-refractivity contribution in [3.63, 3.8) is 0 Å². The van der Waals surface area contributed by atoms with Gasteiger partial charge in [0.15, 0.2) is 0 Å². The highest BCUT2D eigenvalue weighted by Gasteiger charge is 2.09. The topological polar surface area (TPSA) is 50.3 Å². The molecule has 2 aromatic heterocycles. The molecule has 1 N–H and O–H groups in total. The van der Waals surface area contributed by atoms with Crippen molar-refractivity contribution in [2.45, 2.75) is 32.7 Å². The Morgan fingerprint density at radius 1 is 0.912 bits per heavy atom. The van der Waals surface area contributed by atoms with Crippen LogP contribution in [0.4, 0.5) is 5.69 Å². The predicted molar refractivity (Wildman–Crippen MR) is 143 cm³/mol. The number of nitrogens with zero attached hydrogens (tertiary/aromatic N) is 3. The van der Waals surface area contributed by atoms with E-state index >= 15 is 0 Å². The van der Waals surface area contributed by atoms with Crippen molar-refractivity contribution in [3.8, 4) is 5.75 Å². The first-order valence-electron chi connectivity index (χ1n) is 11.7. The molecule has 0 fully saturated rings. The van der Waals surface area contributed by atoms with Crippen molar-refractivity contribution in [2.24, 2.45) is 0 Å². The van der Waals surface area contributed by atoms with E-state index in [4.69, 9.17) is 27.9 Å². The van der Waals surface area contributed by atoms with Gasteiger partial charge in [0.1, 0.15) is 12.4 Å². The van der Waals surface area contributed by atoms with Crippen LogP contribution in [-0.2, 0) is 0 Å². The third-order valence-electron chi connectivity index (χ3n) is 6.00. The van der Waals surface area contributed by atoms with Crippen LogP contribution in [0.1, 0.15) is 26.7 Å². The smallest absolute Gasteiger partial charge is 0.130 e. The highest BCUT2D eigenvalue weighted by atomic mass is 35.5. The van der Waals surface area contributed by atoms with Gasteiger partial charge in [0.25, 0.3) is 0 Å². The van der Waals surface area contributed by atoms with Crippen molar-refractivity contribution in [3.05, 3.63) is 71.0 Å². The van der Waals surface area contributed by atoms with Gasteiger partial charge in [-0.05, 0) is 81.4 Å². The lowest BCUT2D eigenvalue weighted by atomic mass is 10.1. The van der Waals surface area contributed by atoms with Crippen LogP contribution < -0.4 is 10.1 Å². The number of hydrogen-bond acceptors (Lipinski definition) is 5. The number of likely N-dealkylation sites (N-methyl/N-ethyl adjacent to an activating group) is 1. The van der Waals surface area contributed by atoms with E-state index in [9.17, 15) is 0 Å². The molecule has 2 aromatic carbocycles. The maximum Gasteiger partial charge on any atom is 0.130 e. The van der Waals surface area contributed by atoms with E-state index < -0.39 is 0 Å². The second kappa shape index (κ2) is 11.7. The number of fused-ring (bicyclic) bond motifs is 2. The zero-order chi connectivity index (χ0) is 23.9. The molecular weight excluding hydrogens is 467 g/mol. The van der Waals surface area contributed by atoms with Gasteiger partial charge < -0.3 is 15.0 Å². The number of aromatic nitrogens is 2. The zero-order valence-electron chi connectivity index (χ0n) is 19.6. The molecule has 178 valence electrons. The summed E-state index contributed by atoms with van der Waals surface area (Å²) in [6.07, 6.45) is 5.77. The molecule has 34 heavy (non-hydrogen) atoms. The summed E-state index contributed by atoms with van der Waals surface area (Å²) in [6.45, 7) is 7.96. The minimum absolute atomic E-state index is 0.353. The van der Waals surface area contributed by atoms with E-state index in [1.54, 1.807) is 6.20 Å². The van der Waals surface area contributed by atoms with E-state index in [0.717, 1.165) is 65.7 Å². The van der Waals surface area contributed by atoms with Crippen molar-refractivity contribution in [1.82, 2.24) is 14.9 Å². The van der Waals surface area contributed by atoms with Crippen LogP contribution in [0.3, 0.4) is 0 Å². The quantitative estimate of drug-likeness (QED) is 0.240. The standard InChI is InChI=1S/C27H30Cl2N4O/c1-3-33(15-16-34-27-11-13-31-26-18-21(29)7-9-23(26)27)14-4-5-19(2)32-24-10-12-30-25-17-20(28)6-8-22(24)25/h6-13,17-19H,3-5,14-16H2,1-2H3,(H,30,32). The zero-order valence-corrected chi connectivity index (χ0v) is 21.1. The SMILES string of the molecule is CCN(CCCC(C)Nc1ccnc2cc(Cl)ccc12)CCOc1ccnc2cc(Cl)ccc12. The first kappa shape index (κ1) is 24.5. The maximum absolute atomic E-state index is 6.11. The summed E-state index contributed by atoms with van der Waals surface area (Å²) in [5, 5.41) is 7.11. The van der Waals surface area contributed by atoms with Crippen LogP contribution in [0.15, 0.2) is 60.9 Å². The number of benzene rings is 2. The van der Waals surface area contributed by atoms with Gasteiger partial charge in [-0.2, -0.15) is 0 Å².